The number of pyridine rings is 1. The second-order valence-corrected chi connectivity index (χ2v) is 11.0. The topological polar surface area (TPSA) is 62.3 Å². The van der Waals surface area contributed by atoms with Crippen LogP contribution in [-0.2, 0) is 10.0 Å². The highest BCUT2D eigenvalue weighted by Gasteiger charge is 2.35. The lowest BCUT2D eigenvalue weighted by molar-refractivity contribution is 0.351. The summed E-state index contributed by atoms with van der Waals surface area (Å²) in [4.78, 5) is 4.82. The summed E-state index contributed by atoms with van der Waals surface area (Å²) in [6, 6.07) is 22.2. The number of fused-ring (bicyclic) bond motifs is 1. The number of benzene rings is 3. The van der Waals surface area contributed by atoms with Crippen molar-refractivity contribution in [2.75, 3.05) is 6.26 Å². The van der Waals surface area contributed by atoms with Crippen LogP contribution in [0, 0.1) is 6.92 Å². The van der Waals surface area contributed by atoms with Gasteiger partial charge in [0, 0.05) is 32.3 Å². The smallest absolute Gasteiger partial charge is 0.228 e. The maximum atomic E-state index is 12.7. The van der Waals surface area contributed by atoms with Crippen molar-refractivity contribution in [2.45, 2.75) is 13.0 Å². The summed E-state index contributed by atoms with van der Waals surface area (Å²) in [5.41, 5.74) is 8.95. The molecule has 1 aliphatic rings. The van der Waals surface area contributed by atoms with Gasteiger partial charge < -0.3 is 5.43 Å². The zero-order valence-electron chi connectivity index (χ0n) is 18.5. The van der Waals surface area contributed by atoms with E-state index < -0.39 is 16.1 Å². The van der Waals surface area contributed by atoms with Crippen LogP contribution in [-0.4, -0.2) is 24.1 Å². The fraction of sp³-hybridized carbons (Fsp3) is 0.115. The largest absolute Gasteiger partial charge is 0.304 e. The molecule has 0 saturated heterocycles. The highest BCUT2D eigenvalue weighted by atomic mass is 35.5. The van der Waals surface area contributed by atoms with Crippen molar-refractivity contribution < 1.29 is 8.42 Å². The van der Waals surface area contributed by atoms with Gasteiger partial charge in [-0.1, -0.05) is 65.7 Å². The molecule has 34 heavy (non-hydrogen) atoms. The molecule has 2 heterocycles. The van der Waals surface area contributed by atoms with Gasteiger partial charge >= 0.3 is 0 Å². The van der Waals surface area contributed by atoms with Crippen molar-refractivity contribution in [3.8, 4) is 11.1 Å². The summed E-state index contributed by atoms with van der Waals surface area (Å²) >= 11 is 12.4. The Morgan fingerprint density at radius 2 is 1.59 bits per heavy atom. The number of rotatable bonds is 4. The maximum absolute atomic E-state index is 12.7. The second kappa shape index (κ2) is 8.71. The van der Waals surface area contributed by atoms with Crippen molar-refractivity contribution >= 4 is 49.8 Å². The molecular formula is C26H21Cl2N3O2S. The lowest BCUT2D eigenvalue weighted by atomic mass is 9.92. The summed E-state index contributed by atoms with van der Waals surface area (Å²) in [5, 5.41) is 2.08. The Kier molecular flexibility index (Phi) is 5.86. The van der Waals surface area contributed by atoms with E-state index in [0.29, 0.717) is 15.7 Å². The predicted molar refractivity (Wildman–Crippen MR) is 139 cm³/mol. The van der Waals surface area contributed by atoms with Crippen molar-refractivity contribution in [1.29, 1.82) is 0 Å². The fourth-order valence-corrected chi connectivity index (χ4v) is 5.52. The summed E-state index contributed by atoms with van der Waals surface area (Å²) in [7, 11) is -3.59. The normalized spacial score (nSPS) is 16.5. The molecule has 0 unspecified atom stereocenters. The molecule has 3 aromatic carbocycles. The van der Waals surface area contributed by atoms with Gasteiger partial charge in [0.25, 0.3) is 0 Å². The number of nitrogens with zero attached hydrogens (tertiary/aromatic N) is 2. The Morgan fingerprint density at radius 3 is 2.26 bits per heavy atom. The molecule has 1 N–H and O–H groups in total. The van der Waals surface area contributed by atoms with E-state index in [9.17, 15) is 8.42 Å². The van der Waals surface area contributed by atoms with Gasteiger partial charge in [-0.3, -0.25) is 4.98 Å². The number of aryl methyl sites for hydroxylation is 1. The van der Waals surface area contributed by atoms with Crippen molar-refractivity contribution in [1.82, 2.24) is 14.8 Å². The predicted octanol–water partition coefficient (Wildman–Crippen LogP) is 6.38. The minimum atomic E-state index is -3.59. The van der Waals surface area contributed by atoms with Crippen LogP contribution in [0.3, 0.4) is 0 Å². The molecule has 1 aliphatic heterocycles. The third-order valence-corrected chi connectivity index (χ3v) is 7.36. The molecule has 4 aromatic rings. The molecule has 172 valence electrons. The quantitative estimate of drug-likeness (QED) is 0.346. The molecule has 0 radical (unpaired) electrons. The molecule has 5 nitrogen and oxygen atoms in total. The number of hydrogen-bond acceptors (Lipinski definition) is 4. The molecule has 5 rings (SSSR count). The van der Waals surface area contributed by atoms with E-state index in [0.717, 1.165) is 38.9 Å². The Hall–Kier alpha value is -2.90. The van der Waals surface area contributed by atoms with Gasteiger partial charge in [0.2, 0.25) is 10.0 Å². The van der Waals surface area contributed by atoms with E-state index in [4.69, 9.17) is 28.2 Å². The van der Waals surface area contributed by atoms with Gasteiger partial charge in [0.1, 0.15) is 0 Å². The van der Waals surface area contributed by atoms with E-state index >= 15 is 0 Å². The summed E-state index contributed by atoms with van der Waals surface area (Å²) in [6.45, 7) is 1.93. The molecule has 0 amide bonds. The summed E-state index contributed by atoms with van der Waals surface area (Å²) in [5.74, 6) is 0. The lowest BCUT2D eigenvalue weighted by Gasteiger charge is -2.23. The zero-order chi connectivity index (χ0) is 24.0. The monoisotopic (exact) mass is 509 g/mol. The average Bonchev–Trinajstić information content (AvgIpc) is 3.25. The lowest BCUT2D eigenvalue weighted by Crippen LogP contribution is -2.38. The minimum absolute atomic E-state index is 0.541. The first-order valence-electron chi connectivity index (χ1n) is 10.6. The number of hydrogen-bond donors (Lipinski definition) is 1. The third-order valence-electron chi connectivity index (χ3n) is 5.84. The molecule has 8 heteroatoms. The van der Waals surface area contributed by atoms with Crippen LogP contribution in [0.15, 0.2) is 78.9 Å². The number of aromatic nitrogens is 1. The van der Waals surface area contributed by atoms with Crippen molar-refractivity contribution in [2.24, 2.45) is 0 Å². The fourth-order valence-electron chi connectivity index (χ4n) is 4.36. The van der Waals surface area contributed by atoms with Gasteiger partial charge in [0.15, 0.2) is 0 Å². The van der Waals surface area contributed by atoms with Gasteiger partial charge in [-0.25, -0.2) is 8.42 Å². The van der Waals surface area contributed by atoms with Crippen molar-refractivity contribution in [3.63, 3.8) is 0 Å². The van der Waals surface area contributed by atoms with Crippen LogP contribution in [0.2, 0.25) is 10.0 Å². The van der Waals surface area contributed by atoms with Gasteiger partial charge in [-0.15, -0.1) is 4.41 Å². The minimum Gasteiger partial charge on any atom is -0.304 e. The van der Waals surface area contributed by atoms with Crippen LogP contribution >= 0.6 is 23.2 Å². The Bertz CT molecular complexity index is 1540. The first-order chi connectivity index (χ1) is 16.2. The molecular weight excluding hydrogens is 489 g/mol. The Balaban J connectivity index is 1.78. The van der Waals surface area contributed by atoms with Crippen molar-refractivity contribution in [3.05, 3.63) is 106 Å². The molecule has 0 spiro atoms. The first kappa shape index (κ1) is 22.9. The molecule has 1 atom stereocenters. The molecule has 0 aliphatic carbocycles. The molecule has 0 fully saturated rings. The second-order valence-electron chi connectivity index (χ2n) is 8.22. The van der Waals surface area contributed by atoms with Crippen LogP contribution in [0.4, 0.5) is 0 Å². The SMILES string of the molecule is Cc1nc2ccc(Cl)cc2c(-c2ccccc2)c1C1=C[C@H](c2ccc(Cl)cc2)N(S(C)(=O)=O)N1. The Morgan fingerprint density at radius 1 is 0.912 bits per heavy atom. The summed E-state index contributed by atoms with van der Waals surface area (Å²) < 4.78 is 26.7. The highest BCUT2D eigenvalue weighted by Crippen LogP contribution is 2.41. The first-order valence-corrected chi connectivity index (χ1v) is 13.2. The van der Waals surface area contributed by atoms with E-state index in [-0.39, 0.29) is 0 Å². The van der Waals surface area contributed by atoms with Crippen LogP contribution in [0.1, 0.15) is 22.9 Å². The highest BCUT2D eigenvalue weighted by molar-refractivity contribution is 7.88. The van der Waals surface area contributed by atoms with E-state index in [2.05, 4.69) is 5.43 Å². The maximum Gasteiger partial charge on any atom is 0.228 e. The average molecular weight is 510 g/mol. The standard InChI is InChI=1S/C26H21Cl2N3O2S/c1-16-25(23-15-24(31(30-23)34(2,32)33)17-8-10-19(27)11-9-17)26(18-6-4-3-5-7-18)21-14-20(28)12-13-22(21)29-16/h3-15,24,30H,1-2H3/t24-/m1/s1. The van der Waals surface area contributed by atoms with Gasteiger partial charge in [-0.05, 0) is 54.5 Å². The number of nitrogens with one attached hydrogen (secondary N) is 1. The summed E-state index contributed by atoms with van der Waals surface area (Å²) in [6.07, 6.45) is 3.10. The number of halogens is 2. The van der Waals surface area contributed by atoms with Gasteiger partial charge in [-0.2, -0.15) is 0 Å². The Labute approximate surface area is 208 Å². The molecule has 1 aromatic heterocycles. The van der Waals surface area contributed by atoms with Crippen LogP contribution in [0.5, 0.6) is 0 Å². The van der Waals surface area contributed by atoms with E-state index in [1.54, 1.807) is 12.1 Å². The van der Waals surface area contributed by atoms with Crippen LogP contribution in [0.25, 0.3) is 27.7 Å². The number of sulfonamides is 1. The van der Waals surface area contributed by atoms with E-state index in [1.165, 1.54) is 10.7 Å². The van der Waals surface area contributed by atoms with E-state index in [1.807, 2.05) is 73.7 Å². The van der Waals surface area contributed by atoms with Crippen LogP contribution < -0.4 is 5.43 Å². The molecule has 0 saturated carbocycles. The zero-order valence-corrected chi connectivity index (χ0v) is 20.8. The number of hydrazine groups is 1. The molecule has 0 bridgehead atoms. The van der Waals surface area contributed by atoms with Gasteiger partial charge in [0.05, 0.1) is 23.5 Å². The third kappa shape index (κ3) is 4.18.